The first-order valence-electron chi connectivity index (χ1n) is 5.65. The van der Waals surface area contributed by atoms with E-state index in [2.05, 4.69) is 33.9 Å². The standard InChI is InChI=1S/C11H16Cl2N4/c1-16-4-3-5-17(2)8(7-16)11-14-9(12)6-10(13)15-11/h6,8H,3-5,7H2,1-2H3. The number of likely N-dealkylation sites (N-methyl/N-ethyl adjacent to an activating group) is 2. The average Bonchev–Trinajstić information content (AvgIpc) is 2.39. The summed E-state index contributed by atoms with van der Waals surface area (Å²) < 4.78 is 0. The zero-order valence-electron chi connectivity index (χ0n) is 10.0. The molecule has 0 radical (unpaired) electrons. The van der Waals surface area contributed by atoms with E-state index < -0.39 is 0 Å². The molecule has 0 saturated carbocycles. The van der Waals surface area contributed by atoms with Gasteiger partial charge in [-0.1, -0.05) is 23.2 Å². The molecule has 1 aliphatic heterocycles. The minimum absolute atomic E-state index is 0.152. The fourth-order valence-corrected chi connectivity index (χ4v) is 2.54. The molecule has 1 saturated heterocycles. The van der Waals surface area contributed by atoms with Crippen molar-refractivity contribution in [2.75, 3.05) is 33.7 Å². The quantitative estimate of drug-likeness (QED) is 0.735. The number of halogens is 2. The molecule has 0 amide bonds. The maximum Gasteiger partial charge on any atom is 0.150 e. The Labute approximate surface area is 112 Å². The Balaban J connectivity index is 2.28. The number of rotatable bonds is 1. The van der Waals surface area contributed by atoms with Crippen LogP contribution in [0.2, 0.25) is 10.3 Å². The van der Waals surface area contributed by atoms with Crippen LogP contribution >= 0.6 is 23.2 Å². The smallest absolute Gasteiger partial charge is 0.150 e. The van der Waals surface area contributed by atoms with Gasteiger partial charge in [-0.2, -0.15) is 0 Å². The molecule has 1 aromatic rings. The van der Waals surface area contributed by atoms with Gasteiger partial charge in [0.2, 0.25) is 0 Å². The van der Waals surface area contributed by atoms with E-state index in [0.717, 1.165) is 26.1 Å². The van der Waals surface area contributed by atoms with Crippen LogP contribution in [0.1, 0.15) is 18.3 Å². The van der Waals surface area contributed by atoms with Crippen molar-refractivity contribution in [1.29, 1.82) is 0 Å². The summed E-state index contributed by atoms with van der Waals surface area (Å²) in [6.45, 7) is 3.02. The molecule has 0 aromatic carbocycles. The first-order valence-corrected chi connectivity index (χ1v) is 6.40. The Morgan fingerprint density at radius 1 is 1.18 bits per heavy atom. The number of hydrogen-bond donors (Lipinski definition) is 0. The van der Waals surface area contributed by atoms with Gasteiger partial charge in [0, 0.05) is 12.6 Å². The molecule has 2 rings (SSSR count). The third-order valence-corrected chi connectivity index (χ3v) is 3.43. The molecule has 0 N–H and O–H groups in total. The van der Waals surface area contributed by atoms with Crippen LogP contribution in [-0.2, 0) is 0 Å². The summed E-state index contributed by atoms with van der Waals surface area (Å²) in [6.07, 6.45) is 1.15. The minimum atomic E-state index is 0.152. The lowest BCUT2D eigenvalue weighted by Crippen LogP contribution is -2.31. The van der Waals surface area contributed by atoms with Crippen LogP contribution in [0.15, 0.2) is 6.07 Å². The molecule has 4 nitrogen and oxygen atoms in total. The highest BCUT2D eigenvalue weighted by Gasteiger charge is 2.24. The van der Waals surface area contributed by atoms with Gasteiger partial charge in [-0.05, 0) is 33.6 Å². The van der Waals surface area contributed by atoms with Crippen molar-refractivity contribution >= 4 is 23.2 Å². The molecular weight excluding hydrogens is 259 g/mol. The molecule has 1 fully saturated rings. The van der Waals surface area contributed by atoms with Gasteiger partial charge in [-0.25, -0.2) is 9.97 Å². The third kappa shape index (κ3) is 3.28. The summed E-state index contributed by atoms with van der Waals surface area (Å²) in [5.41, 5.74) is 0. The van der Waals surface area contributed by atoms with Gasteiger partial charge in [0.25, 0.3) is 0 Å². The molecule has 0 aliphatic carbocycles. The van der Waals surface area contributed by atoms with Gasteiger partial charge in [0.15, 0.2) is 0 Å². The van der Waals surface area contributed by atoms with E-state index in [-0.39, 0.29) is 6.04 Å². The maximum atomic E-state index is 5.93. The Bertz CT molecular complexity index is 379. The lowest BCUT2D eigenvalue weighted by atomic mass is 10.2. The summed E-state index contributed by atoms with van der Waals surface area (Å²) in [4.78, 5) is 13.1. The van der Waals surface area contributed by atoms with Crippen molar-refractivity contribution in [2.24, 2.45) is 0 Å². The highest BCUT2D eigenvalue weighted by Crippen LogP contribution is 2.23. The average molecular weight is 275 g/mol. The van der Waals surface area contributed by atoms with Gasteiger partial charge >= 0.3 is 0 Å². The van der Waals surface area contributed by atoms with Crippen molar-refractivity contribution in [3.8, 4) is 0 Å². The monoisotopic (exact) mass is 274 g/mol. The van der Waals surface area contributed by atoms with Crippen LogP contribution in [0.25, 0.3) is 0 Å². The molecule has 1 aromatic heterocycles. The van der Waals surface area contributed by atoms with Crippen molar-refractivity contribution in [1.82, 2.24) is 19.8 Å². The lowest BCUT2D eigenvalue weighted by molar-refractivity contribution is 0.219. The van der Waals surface area contributed by atoms with Crippen LogP contribution in [0, 0.1) is 0 Å². The largest absolute Gasteiger partial charge is 0.304 e. The Morgan fingerprint density at radius 3 is 2.47 bits per heavy atom. The molecule has 0 bridgehead atoms. The molecular formula is C11H16Cl2N4. The molecule has 0 spiro atoms. The van der Waals surface area contributed by atoms with Crippen molar-refractivity contribution in [3.63, 3.8) is 0 Å². The first kappa shape index (κ1) is 13.0. The highest BCUT2D eigenvalue weighted by atomic mass is 35.5. The molecule has 6 heteroatoms. The summed E-state index contributed by atoms with van der Waals surface area (Å²) in [7, 11) is 4.19. The predicted octanol–water partition coefficient (Wildman–Crippen LogP) is 2.09. The molecule has 94 valence electrons. The van der Waals surface area contributed by atoms with E-state index in [9.17, 15) is 0 Å². The second-order valence-corrected chi connectivity index (χ2v) is 5.26. The number of aromatic nitrogens is 2. The van der Waals surface area contributed by atoms with E-state index in [0.29, 0.717) is 16.1 Å². The highest BCUT2D eigenvalue weighted by molar-refractivity contribution is 6.33. The predicted molar refractivity (Wildman–Crippen MR) is 69.5 cm³/mol. The lowest BCUT2D eigenvalue weighted by Gasteiger charge is -2.26. The van der Waals surface area contributed by atoms with E-state index >= 15 is 0 Å². The molecule has 1 atom stereocenters. The zero-order chi connectivity index (χ0) is 12.4. The summed E-state index contributed by atoms with van der Waals surface area (Å²) >= 11 is 11.9. The molecule has 1 unspecified atom stereocenters. The fourth-order valence-electron chi connectivity index (χ4n) is 2.11. The summed E-state index contributed by atoms with van der Waals surface area (Å²) in [5.74, 6) is 0.707. The van der Waals surface area contributed by atoms with E-state index in [1.807, 2.05) is 0 Å². The SMILES string of the molecule is CN1CCCN(C)C(c2nc(Cl)cc(Cl)n2)C1. The summed E-state index contributed by atoms with van der Waals surface area (Å²) in [6, 6.07) is 1.71. The number of nitrogens with zero attached hydrogens (tertiary/aromatic N) is 4. The zero-order valence-corrected chi connectivity index (χ0v) is 11.5. The number of hydrogen-bond acceptors (Lipinski definition) is 4. The summed E-state index contributed by atoms with van der Waals surface area (Å²) in [5, 5.41) is 0.806. The van der Waals surface area contributed by atoms with Crippen LogP contribution in [0.5, 0.6) is 0 Å². The van der Waals surface area contributed by atoms with Crippen LogP contribution < -0.4 is 0 Å². The van der Waals surface area contributed by atoms with Gasteiger partial charge in [-0.3, -0.25) is 4.90 Å². The normalized spacial score (nSPS) is 23.6. The second-order valence-electron chi connectivity index (χ2n) is 4.48. The van der Waals surface area contributed by atoms with Crippen molar-refractivity contribution in [3.05, 3.63) is 22.2 Å². The van der Waals surface area contributed by atoms with E-state index in [1.54, 1.807) is 6.07 Å². The molecule has 17 heavy (non-hydrogen) atoms. The van der Waals surface area contributed by atoms with E-state index in [1.165, 1.54) is 0 Å². The second kappa shape index (κ2) is 5.48. The topological polar surface area (TPSA) is 32.3 Å². The molecule has 2 heterocycles. The van der Waals surface area contributed by atoms with Crippen molar-refractivity contribution in [2.45, 2.75) is 12.5 Å². The van der Waals surface area contributed by atoms with Crippen LogP contribution in [-0.4, -0.2) is 53.5 Å². The van der Waals surface area contributed by atoms with Crippen LogP contribution in [0.4, 0.5) is 0 Å². The van der Waals surface area contributed by atoms with Crippen LogP contribution in [0.3, 0.4) is 0 Å². The minimum Gasteiger partial charge on any atom is -0.304 e. The van der Waals surface area contributed by atoms with E-state index in [4.69, 9.17) is 23.2 Å². The van der Waals surface area contributed by atoms with Crippen molar-refractivity contribution < 1.29 is 0 Å². The third-order valence-electron chi connectivity index (χ3n) is 3.05. The Morgan fingerprint density at radius 2 is 1.82 bits per heavy atom. The van der Waals surface area contributed by atoms with Gasteiger partial charge < -0.3 is 4.90 Å². The Kier molecular flexibility index (Phi) is 4.20. The van der Waals surface area contributed by atoms with Gasteiger partial charge in [0.1, 0.15) is 16.1 Å². The van der Waals surface area contributed by atoms with Gasteiger partial charge in [0.05, 0.1) is 6.04 Å². The fraction of sp³-hybridized carbons (Fsp3) is 0.636. The molecule has 1 aliphatic rings. The maximum absolute atomic E-state index is 5.93. The van der Waals surface area contributed by atoms with Gasteiger partial charge in [-0.15, -0.1) is 0 Å². The Hall–Kier alpha value is -0.420. The first-order chi connectivity index (χ1) is 8.06.